The lowest BCUT2D eigenvalue weighted by Crippen LogP contribution is -2.34. The van der Waals surface area contributed by atoms with Crippen molar-refractivity contribution in [1.29, 1.82) is 0 Å². The Labute approximate surface area is 118 Å². The highest BCUT2D eigenvalue weighted by Crippen LogP contribution is 2.15. The summed E-state index contributed by atoms with van der Waals surface area (Å²) >= 11 is 0. The molecular weight excluding hydrogens is 252 g/mol. The van der Waals surface area contributed by atoms with Gasteiger partial charge >= 0.3 is 0 Å². The first-order valence-electron chi connectivity index (χ1n) is 6.56. The van der Waals surface area contributed by atoms with Crippen LogP contribution in [0.15, 0.2) is 41.5 Å². The maximum absolute atomic E-state index is 12.4. The molecule has 0 fully saturated rings. The molecule has 5 heteroatoms. The van der Waals surface area contributed by atoms with Gasteiger partial charge in [0.05, 0.1) is 0 Å². The number of hydrogen-bond acceptors (Lipinski definition) is 4. The van der Waals surface area contributed by atoms with Gasteiger partial charge < -0.3 is 15.6 Å². The van der Waals surface area contributed by atoms with Gasteiger partial charge in [0.25, 0.3) is 5.56 Å². The second kappa shape index (κ2) is 5.46. The van der Waals surface area contributed by atoms with Crippen LogP contribution in [0.3, 0.4) is 0 Å². The van der Waals surface area contributed by atoms with Gasteiger partial charge in [-0.05, 0) is 38.5 Å². The molecule has 0 saturated carbocycles. The normalized spacial score (nSPS) is 11.4. The Hall–Kier alpha value is -2.14. The molecule has 1 aromatic heterocycles. The lowest BCUT2D eigenvalue weighted by Gasteiger charge is -2.22. The highest BCUT2D eigenvalue weighted by atomic mass is 16.1. The zero-order valence-electron chi connectivity index (χ0n) is 12.1. The van der Waals surface area contributed by atoms with E-state index < -0.39 is 0 Å². The fourth-order valence-corrected chi connectivity index (χ4v) is 1.89. The third-order valence-corrected chi connectivity index (χ3v) is 3.02. The zero-order valence-corrected chi connectivity index (χ0v) is 12.1. The first-order valence-corrected chi connectivity index (χ1v) is 6.56. The number of nitrogens with one attached hydrogen (secondary N) is 1. The van der Waals surface area contributed by atoms with Crippen molar-refractivity contribution in [3.05, 3.63) is 52.6 Å². The van der Waals surface area contributed by atoms with E-state index in [1.807, 2.05) is 45.0 Å². The summed E-state index contributed by atoms with van der Waals surface area (Å²) in [6, 6.07) is 7.62. The summed E-state index contributed by atoms with van der Waals surface area (Å²) in [6.45, 7) is 6.44. The minimum Gasteiger partial charge on any atom is -0.336 e. The van der Waals surface area contributed by atoms with Gasteiger partial charge in [0.2, 0.25) is 0 Å². The SMILES string of the molecule is CC(C)(C)n1ccnc(Nc2ccc(CN)cc2)c1=O. The van der Waals surface area contributed by atoms with E-state index in [1.54, 1.807) is 17.0 Å². The highest BCUT2D eigenvalue weighted by Gasteiger charge is 2.16. The van der Waals surface area contributed by atoms with E-state index in [1.165, 1.54) is 0 Å². The molecule has 3 N–H and O–H groups in total. The number of aromatic nitrogens is 2. The van der Waals surface area contributed by atoms with Crippen LogP contribution < -0.4 is 16.6 Å². The van der Waals surface area contributed by atoms with Crippen molar-refractivity contribution in [3.8, 4) is 0 Å². The van der Waals surface area contributed by atoms with Crippen LogP contribution in [0.5, 0.6) is 0 Å². The Morgan fingerprint density at radius 2 is 1.90 bits per heavy atom. The first kappa shape index (κ1) is 14.3. The summed E-state index contributed by atoms with van der Waals surface area (Å²) in [6.07, 6.45) is 3.33. The Morgan fingerprint density at radius 3 is 2.45 bits per heavy atom. The molecule has 0 amide bonds. The van der Waals surface area contributed by atoms with Gasteiger partial charge in [-0.25, -0.2) is 4.98 Å². The van der Waals surface area contributed by atoms with Crippen molar-refractivity contribution in [2.75, 3.05) is 5.32 Å². The van der Waals surface area contributed by atoms with E-state index in [-0.39, 0.29) is 11.1 Å². The van der Waals surface area contributed by atoms with Crippen LogP contribution in [0, 0.1) is 0 Å². The average Bonchev–Trinajstić information content (AvgIpc) is 2.40. The molecule has 5 nitrogen and oxygen atoms in total. The van der Waals surface area contributed by atoms with Crippen LogP contribution in [0.25, 0.3) is 0 Å². The molecule has 0 spiro atoms. The molecule has 1 aromatic carbocycles. The number of nitrogens with zero attached hydrogens (tertiary/aromatic N) is 2. The topological polar surface area (TPSA) is 72.9 Å². The summed E-state index contributed by atoms with van der Waals surface area (Å²) in [4.78, 5) is 16.5. The minimum atomic E-state index is -0.278. The second-order valence-corrected chi connectivity index (χ2v) is 5.65. The van der Waals surface area contributed by atoms with Crippen LogP contribution in [0.4, 0.5) is 11.5 Å². The van der Waals surface area contributed by atoms with Crippen LogP contribution >= 0.6 is 0 Å². The highest BCUT2D eigenvalue weighted by molar-refractivity contribution is 5.55. The van der Waals surface area contributed by atoms with Crippen LogP contribution in [0.2, 0.25) is 0 Å². The van der Waals surface area contributed by atoms with Gasteiger partial charge in [-0.3, -0.25) is 4.79 Å². The summed E-state index contributed by atoms with van der Waals surface area (Å²) in [5, 5.41) is 3.05. The summed E-state index contributed by atoms with van der Waals surface area (Å²) < 4.78 is 1.66. The second-order valence-electron chi connectivity index (χ2n) is 5.65. The zero-order chi connectivity index (χ0) is 14.8. The average molecular weight is 272 g/mol. The summed E-state index contributed by atoms with van der Waals surface area (Å²) in [5.74, 6) is 0.322. The van der Waals surface area contributed by atoms with E-state index >= 15 is 0 Å². The quantitative estimate of drug-likeness (QED) is 0.898. The van der Waals surface area contributed by atoms with Gasteiger partial charge in [-0.15, -0.1) is 0 Å². The van der Waals surface area contributed by atoms with Crippen molar-refractivity contribution < 1.29 is 0 Å². The number of benzene rings is 1. The van der Waals surface area contributed by atoms with Crippen molar-refractivity contribution in [2.24, 2.45) is 5.73 Å². The molecule has 2 rings (SSSR count). The summed E-state index contributed by atoms with van der Waals surface area (Å²) in [7, 11) is 0. The smallest absolute Gasteiger partial charge is 0.294 e. The fourth-order valence-electron chi connectivity index (χ4n) is 1.89. The molecule has 0 aliphatic rings. The van der Waals surface area contributed by atoms with Gasteiger partial charge in [-0.1, -0.05) is 12.1 Å². The molecule has 1 heterocycles. The maximum atomic E-state index is 12.4. The monoisotopic (exact) mass is 272 g/mol. The number of hydrogen-bond donors (Lipinski definition) is 2. The van der Waals surface area contributed by atoms with E-state index in [9.17, 15) is 4.79 Å². The predicted octanol–water partition coefficient (Wildman–Crippen LogP) is 2.20. The van der Waals surface area contributed by atoms with Crippen molar-refractivity contribution in [2.45, 2.75) is 32.9 Å². The predicted molar refractivity (Wildman–Crippen MR) is 81.1 cm³/mol. The molecule has 0 unspecified atom stereocenters. The Kier molecular flexibility index (Phi) is 3.90. The Bertz CT molecular complexity index is 638. The number of rotatable bonds is 3. The van der Waals surface area contributed by atoms with E-state index in [0.29, 0.717) is 12.4 Å². The molecule has 106 valence electrons. The van der Waals surface area contributed by atoms with Crippen LogP contribution in [0.1, 0.15) is 26.3 Å². The first-order chi connectivity index (χ1) is 9.41. The van der Waals surface area contributed by atoms with Crippen molar-refractivity contribution in [1.82, 2.24) is 9.55 Å². The molecular formula is C15H20N4O. The van der Waals surface area contributed by atoms with Crippen LogP contribution in [-0.4, -0.2) is 9.55 Å². The van der Waals surface area contributed by atoms with Gasteiger partial charge in [0, 0.05) is 30.2 Å². The van der Waals surface area contributed by atoms with Gasteiger partial charge in [0.15, 0.2) is 5.82 Å². The third kappa shape index (κ3) is 3.05. The number of anilines is 2. The van der Waals surface area contributed by atoms with E-state index in [4.69, 9.17) is 5.73 Å². The van der Waals surface area contributed by atoms with Crippen molar-refractivity contribution >= 4 is 11.5 Å². The standard InChI is InChI=1S/C15H20N4O/c1-15(2,3)19-9-8-17-13(14(19)20)18-12-6-4-11(10-16)5-7-12/h4-9H,10,16H2,1-3H3,(H,17,18). The molecule has 0 radical (unpaired) electrons. The van der Waals surface area contributed by atoms with Gasteiger partial charge in [-0.2, -0.15) is 0 Å². The third-order valence-electron chi connectivity index (χ3n) is 3.02. The molecule has 0 bridgehead atoms. The lowest BCUT2D eigenvalue weighted by atomic mass is 10.1. The van der Waals surface area contributed by atoms with E-state index in [0.717, 1.165) is 11.3 Å². The molecule has 0 aliphatic carbocycles. The van der Waals surface area contributed by atoms with Crippen LogP contribution in [-0.2, 0) is 12.1 Å². The maximum Gasteiger partial charge on any atom is 0.294 e. The lowest BCUT2D eigenvalue weighted by molar-refractivity contribution is 0.383. The molecule has 20 heavy (non-hydrogen) atoms. The Balaban J connectivity index is 2.32. The molecule has 0 atom stereocenters. The van der Waals surface area contributed by atoms with Gasteiger partial charge in [0.1, 0.15) is 0 Å². The summed E-state index contributed by atoms with van der Waals surface area (Å²) in [5.41, 5.74) is 7.01. The minimum absolute atomic E-state index is 0.136. The van der Waals surface area contributed by atoms with E-state index in [2.05, 4.69) is 10.3 Å². The molecule has 2 aromatic rings. The van der Waals surface area contributed by atoms with Crippen molar-refractivity contribution in [3.63, 3.8) is 0 Å². The number of nitrogens with two attached hydrogens (primary N) is 1. The molecule has 0 aliphatic heterocycles. The largest absolute Gasteiger partial charge is 0.336 e. The molecule has 0 saturated heterocycles. The Morgan fingerprint density at radius 1 is 1.25 bits per heavy atom. The fraction of sp³-hybridized carbons (Fsp3) is 0.333.